The van der Waals surface area contributed by atoms with E-state index in [1.165, 1.54) is 0 Å². The van der Waals surface area contributed by atoms with Gasteiger partial charge in [-0.1, -0.05) is 25.4 Å². The van der Waals surface area contributed by atoms with E-state index in [0.717, 1.165) is 38.9 Å². The molecule has 0 N–H and O–H groups in total. The summed E-state index contributed by atoms with van der Waals surface area (Å²) in [5.41, 5.74) is 1.17. The summed E-state index contributed by atoms with van der Waals surface area (Å²) in [7, 11) is 0. The van der Waals surface area contributed by atoms with Crippen LogP contribution in [0.3, 0.4) is 0 Å². The van der Waals surface area contributed by atoms with Crippen molar-refractivity contribution in [1.29, 1.82) is 0 Å². The largest absolute Gasteiger partial charge is 0.342 e. The molecule has 0 unspecified atom stereocenters. The molecular weight excluding hydrogens is 364 g/mol. The van der Waals surface area contributed by atoms with Gasteiger partial charge in [0.1, 0.15) is 11.3 Å². The lowest BCUT2D eigenvalue weighted by Gasteiger charge is -2.47. The second-order valence-electron chi connectivity index (χ2n) is 7.93. The van der Waals surface area contributed by atoms with Crippen LogP contribution in [-0.4, -0.2) is 56.7 Å². The van der Waals surface area contributed by atoms with Gasteiger partial charge in [0, 0.05) is 44.0 Å². The Labute approximate surface area is 164 Å². The maximum atomic E-state index is 13.2. The number of aromatic nitrogens is 2. The first kappa shape index (κ1) is 18.3. The predicted molar refractivity (Wildman–Crippen MR) is 104 cm³/mol. The molecule has 2 fully saturated rings. The Bertz CT molecular complexity index is 878. The van der Waals surface area contributed by atoms with E-state index in [4.69, 9.17) is 11.6 Å². The number of carbonyl (C=O) groups is 2. The Morgan fingerprint density at radius 3 is 2.78 bits per heavy atom. The van der Waals surface area contributed by atoms with Gasteiger partial charge in [-0.2, -0.15) is 0 Å². The molecule has 2 atom stereocenters. The molecule has 4 rings (SSSR count). The number of halogens is 1. The number of carbonyl (C=O) groups excluding carboxylic acids is 2. The second kappa shape index (κ2) is 7.15. The summed E-state index contributed by atoms with van der Waals surface area (Å²) in [4.78, 5) is 34.0. The molecule has 4 heterocycles. The van der Waals surface area contributed by atoms with Crippen molar-refractivity contribution in [3.63, 3.8) is 0 Å². The fourth-order valence-corrected chi connectivity index (χ4v) is 4.60. The van der Waals surface area contributed by atoms with Gasteiger partial charge >= 0.3 is 0 Å². The smallest absolute Gasteiger partial charge is 0.274 e. The molecule has 144 valence electrons. The topological polar surface area (TPSA) is 57.9 Å². The Hall–Kier alpha value is -2.08. The Morgan fingerprint density at radius 1 is 1.19 bits per heavy atom. The number of hydrogen-bond donors (Lipinski definition) is 0. The maximum absolute atomic E-state index is 13.2. The lowest BCUT2D eigenvalue weighted by Crippen LogP contribution is -2.57. The molecule has 0 spiro atoms. The Kier molecular flexibility index (Phi) is 4.84. The predicted octanol–water partition coefficient (Wildman–Crippen LogP) is 3.10. The van der Waals surface area contributed by atoms with Crippen LogP contribution in [0.15, 0.2) is 24.5 Å². The van der Waals surface area contributed by atoms with Gasteiger partial charge in [0.2, 0.25) is 5.91 Å². The number of likely N-dealkylation sites (tertiary alicyclic amines) is 2. The molecule has 2 saturated heterocycles. The Morgan fingerprint density at radius 2 is 2.00 bits per heavy atom. The first-order valence-corrected chi connectivity index (χ1v) is 10.1. The van der Waals surface area contributed by atoms with Crippen LogP contribution in [0.25, 0.3) is 5.65 Å². The third-order valence-corrected chi connectivity index (χ3v) is 5.99. The summed E-state index contributed by atoms with van der Waals surface area (Å²) >= 11 is 6.03. The van der Waals surface area contributed by atoms with Crippen LogP contribution in [-0.2, 0) is 4.79 Å². The molecule has 7 heteroatoms. The normalized spacial score (nSPS) is 23.0. The summed E-state index contributed by atoms with van der Waals surface area (Å²) in [6.45, 7) is 6.13. The van der Waals surface area contributed by atoms with Crippen LogP contribution in [0.2, 0.25) is 5.02 Å². The number of pyridine rings is 1. The van der Waals surface area contributed by atoms with Gasteiger partial charge in [-0.25, -0.2) is 4.98 Å². The van der Waals surface area contributed by atoms with Crippen molar-refractivity contribution in [2.45, 2.75) is 39.2 Å². The van der Waals surface area contributed by atoms with Crippen molar-refractivity contribution >= 4 is 29.1 Å². The van der Waals surface area contributed by atoms with E-state index in [0.29, 0.717) is 22.3 Å². The number of nitrogens with zero attached hydrogens (tertiary/aromatic N) is 4. The lowest BCUT2D eigenvalue weighted by molar-refractivity contribution is -0.137. The van der Waals surface area contributed by atoms with E-state index in [1.807, 2.05) is 29.7 Å². The van der Waals surface area contributed by atoms with E-state index >= 15 is 0 Å². The number of fused-ring (bicyclic) bond motifs is 2. The minimum Gasteiger partial charge on any atom is -0.342 e. The maximum Gasteiger partial charge on any atom is 0.274 e. The third-order valence-electron chi connectivity index (χ3n) is 5.77. The number of hydrogen-bond acceptors (Lipinski definition) is 3. The molecule has 0 radical (unpaired) electrons. The zero-order chi connectivity index (χ0) is 19.1. The molecule has 2 aromatic heterocycles. The highest BCUT2D eigenvalue weighted by molar-refractivity contribution is 6.30. The molecule has 0 saturated carbocycles. The minimum absolute atomic E-state index is 0.0202. The van der Waals surface area contributed by atoms with E-state index < -0.39 is 0 Å². The molecular formula is C20H25ClN4O2. The quantitative estimate of drug-likeness (QED) is 0.794. The number of imidazole rings is 1. The zero-order valence-electron chi connectivity index (χ0n) is 15.8. The van der Waals surface area contributed by atoms with Crippen LogP contribution in [0.4, 0.5) is 0 Å². The molecule has 27 heavy (non-hydrogen) atoms. The molecule has 2 aliphatic rings. The summed E-state index contributed by atoms with van der Waals surface area (Å²) < 4.78 is 1.79. The van der Waals surface area contributed by atoms with Gasteiger partial charge in [0.15, 0.2) is 0 Å². The molecule has 6 nitrogen and oxygen atoms in total. The average molecular weight is 389 g/mol. The first-order chi connectivity index (χ1) is 12.9. The van der Waals surface area contributed by atoms with Crippen molar-refractivity contribution in [1.82, 2.24) is 19.2 Å². The van der Waals surface area contributed by atoms with E-state index in [9.17, 15) is 9.59 Å². The average Bonchev–Trinajstić information content (AvgIpc) is 3.08. The van der Waals surface area contributed by atoms with Crippen molar-refractivity contribution < 1.29 is 9.59 Å². The molecule has 0 aromatic carbocycles. The summed E-state index contributed by atoms with van der Waals surface area (Å²) in [6.07, 6.45) is 6.39. The fraction of sp³-hybridized carbons (Fsp3) is 0.550. The molecule has 2 aliphatic heterocycles. The van der Waals surface area contributed by atoms with Crippen molar-refractivity contribution in [3.8, 4) is 0 Å². The SMILES string of the molecule is CC(C)C(=O)N1CC[C@@H]2[C@H](CCCN2C(=O)c2cn3cc(Cl)ccc3n2)C1. The number of rotatable bonds is 2. The van der Waals surface area contributed by atoms with Gasteiger partial charge < -0.3 is 14.2 Å². The standard InChI is InChI=1S/C20H25ClN4O2/c1-13(2)19(26)23-9-7-17-14(10-23)4-3-8-25(17)20(27)16-12-24-11-15(21)5-6-18(24)22-16/h5-6,11-14,17H,3-4,7-10H2,1-2H3/t14-,17-/m1/s1. The van der Waals surface area contributed by atoms with Crippen LogP contribution in [0.5, 0.6) is 0 Å². The van der Waals surface area contributed by atoms with Crippen LogP contribution in [0.1, 0.15) is 43.6 Å². The number of piperidine rings is 2. The Balaban J connectivity index is 1.53. The van der Waals surface area contributed by atoms with Gasteiger partial charge in [0.05, 0.1) is 5.02 Å². The van der Waals surface area contributed by atoms with E-state index in [2.05, 4.69) is 4.98 Å². The van der Waals surface area contributed by atoms with Gasteiger partial charge in [-0.05, 0) is 37.3 Å². The summed E-state index contributed by atoms with van der Waals surface area (Å²) in [5.74, 6) is 0.570. The lowest BCUT2D eigenvalue weighted by atomic mass is 9.83. The zero-order valence-corrected chi connectivity index (χ0v) is 16.5. The molecule has 0 bridgehead atoms. The highest BCUT2D eigenvalue weighted by Crippen LogP contribution is 2.32. The van der Waals surface area contributed by atoms with Crippen LogP contribution < -0.4 is 0 Å². The first-order valence-electron chi connectivity index (χ1n) is 9.68. The molecule has 2 aromatic rings. The number of amides is 2. The van der Waals surface area contributed by atoms with Crippen molar-refractivity contribution in [3.05, 3.63) is 35.2 Å². The highest BCUT2D eigenvalue weighted by Gasteiger charge is 2.40. The fourth-order valence-electron chi connectivity index (χ4n) is 4.44. The summed E-state index contributed by atoms with van der Waals surface area (Å²) in [5, 5.41) is 0.610. The summed E-state index contributed by atoms with van der Waals surface area (Å²) in [6, 6.07) is 3.78. The molecule has 0 aliphatic carbocycles. The van der Waals surface area contributed by atoms with Crippen molar-refractivity contribution in [2.75, 3.05) is 19.6 Å². The van der Waals surface area contributed by atoms with Crippen molar-refractivity contribution in [2.24, 2.45) is 11.8 Å². The van der Waals surface area contributed by atoms with Gasteiger partial charge in [-0.3, -0.25) is 9.59 Å². The molecule has 2 amide bonds. The highest BCUT2D eigenvalue weighted by atomic mass is 35.5. The van der Waals surface area contributed by atoms with E-state index in [-0.39, 0.29) is 23.8 Å². The monoisotopic (exact) mass is 388 g/mol. The van der Waals surface area contributed by atoms with Gasteiger partial charge in [-0.15, -0.1) is 0 Å². The van der Waals surface area contributed by atoms with Crippen LogP contribution in [0, 0.1) is 11.8 Å². The second-order valence-corrected chi connectivity index (χ2v) is 8.37. The minimum atomic E-state index is -0.0202. The third kappa shape index (κ3) is 3.43. The van der Waals surface area contributed by atoms with Gasteiger partial charge in [0.25, 0.3) is 5.91 Å². The van der Waals surface area contributed by atoms with E-state index in [1.54, 1.807) is 22.9 Å². The van der Waals surface area contributed by atoms with Crippen LogP contribution >= 0.6 is 11.6 Å².